The van der Waals surface area contributed by atoms with Crippen molar-refractivity contribution in [1.82, 2.24) is 9.62 Å². The summed E-state index contributed by atoms with van der Waals surface area (Å²) in [5.74, 6) is -1.87. The first-order chi connectivity index (χ1) is 9.89. The van der Waals surface area contributed by atoms with Crippen LogP contribution in [0.2, 0.25) is 0 Å². The van der Waals surface area contributed by atoms with Gasteiger partial charge in [0.2, 0.25) is 10.0 Å². The highest BCUT2D eigenvalue weighted by atomic mass is 32.2. The summed E-state index contributed by atoms with van der Waals surface area (Å²) in [7, 11) is -2.58. The smallest absolute Gasteiger partial charge is 0.246 e. The number of nitrogens with zero attached hydrogens (tertiary/aromatic N) is 1. The maximum Gasteiger partial charge on any atom is 0.246 e. The summed E-state index contributed by atoms with van der Waals surface area (Å²) in [6.45, 7) is 6.84. The molecule has 0 aliphatic heterocycles. The summed E-state index contributed by atoms with van der Waals surface area (Å²) < 4.78 is 53.8. The molecule has 0 atom stereocenters. The van der Waals surface area contributed by atoms with Gasteiger partial charge in [0.15, 0.2) is 5.82 Å². The number of nitrogens with one attached hydrogen (secondary N) is 1. The largest absolute Gasteiger partial charge is 0.315 e. The van der Waals surface area contributed by atoms with E-state index in [2.05, 4.69) is 18.5 Å². The van der Waals surface area contributed by atoms with Crippen LogP contribution in [0.15, 0.2) is 42.3 Å². The van der Waals surface area contributed by atoms with Crippen molar-refractivity contribution in [1.29, 1.82) is 0 Å². The minimum Gasteiger partial charge on any atom is -0.315 e. The molecule has 0 saturated carbocycles. The van der Waals surface area contributed by atoms with E-state index >= 15 is 0 Å². The first-order valence-electron chi connectivity index (χ1n) is 6.23. The summed E-state index contributed by atoms with van der Waals surface area (Å²) in [5, 5.41) is 2.60. The molecule has 1 N–H and O–H groups in total. The quantitative estimate of drug-likeness (QED) is 0.747. The predicted molar refractivity (Wildman–Crippen MR) is 78.3 cm³/mol. The van der Waals surface area contributed by atoms with Crippen molar-refractivity contribution < 1.29 is 17.2 Å². The molecule has 0 saturated heterocycles. The first kappa shape index (κ1) is 17.5. The number of rotatable bonds is 8. The van der Waals surface area contributed by atoms with E-state index in [0.29, 0.717) is 0 Å². The Hall–Kier alpha value is -1.57. The minimum absolute atomic E-state index is 0.00648. The van der Waals surface area contributed by atoms with Crippen LogP contribution in [0.1, 0.15) is 5.56 Å². The Balaban J connectivity index is 3.39. The van der Waals surface area contributed by atoms with Gasteiger partial charge in [0.1, 0.15) is 10.7 Å². The van der Waals surface area contributed by atoms with Crippen LogP contribution in [0.4, 0.5) is 8.78 Å². The van der Waals surface area contributed by atoms with Crippen LogP contribution in [0, 0.1) is 11.6 Å². The molecule has 7 heteroatoms. The van der Waals surface area contributed by atoms with Crippen molar-refractivity contribution in [3.05, 3.63) is 54.6 Å². The Morgan fingerprint density at radius 2 is 1.81 bits per heavy atom. The van der Waals surface area contributed by atoms with Crippen LogP contribution in [0.3, 0.4) is 0 Å². The van der Waals surface area contributed by atoms with E-state index in [4.69, 9.17) is 0 Å². The fraction of sp³-hybridized carbons (Fsp3) is 0.286. The van der Waals surface area contributed by atoms with Gasteiger partial charge < -0.3 is 5.32 Å². The molecule has 1 aromatic rings. The summed E-state index contributed by atoms with van der Waals surface area (Å²) in [6.07, 6.45) is 2.77. The van der Waals surface area contributed by atoms with Crippen LogP contribution < -0.4 is 5.32 Å². The lowest BCUT2D eigenvalue weighted by Crippen LogP contribution is -2.32. The third kappa shape index (κ3) is 3.75. The highest BCUT2D eigenvalue weighted by Gasteiger charge is 2.28. The highest BCUT2D eigenvalue weighted by molar-refractivity contribution is 7.89. The standard InChI is InChI=1S/C14H18F2N2O2S/c1-4-8-18(9-5-2)21(19,20)13-7-6-12(15)11(10-17-3)14(13)16/h4-7,17H,1-2,8-10H2,3H3. The molecule has 0 aromatic heterocycles. The Bertz CT molecular complexity index is 620. The summed E-state index contributed by atoms with van der Waals surface area (Å²) in [5.41, 5.74) is -0.310. The number of halogens is 2. The Morgan fingerprint density at radius 1 is 1.24 bits per heavy atom. The van der Waals surface area contributed by atoms with Crippen molar-refractivity contribution in [2.45, 2.75) is 11.4 Å². The summed E-state index contributed by atoms with van der Waals surface area (Å²) in [6, 6.07) is 1.88. The Kier molecular flexibility index (Phi) is 6.19. The van der Waals surface area contributed by atoms with Gasteiger partial charge in [0.25, 0.3) is 0 Å². The Morgan fingerprint density at radius 3 is 2.29 bits per heavy atom. The van der Waals surface area contributed by atoms with Crippen molar-refractivity contribution in [2.24, 2.45) is 0 Å². The van der Waals surface area contributed by atoms with E-state index in [0.717, 1.165) is 16.4 Å². The molecule has 0 aliphatic carbocycles. The maximum absolute atomic E-state index is 14.3. The SMILES string of the molecule is C=CCN(CC=C)S(=O)(=O)c1ccc(F)c(CNC)c1F. The molecule has 0 fully saturated rings. The molecule has 4 nitrogen and oxygen atoms in total. The van der Waals surface area contributed by atoms with Crippen LogP contribution in [-0.4, -0.2) is 32.9 Å². The third-order valence-electron chi connectivity index (χ3n) is 2.79. The van der Waals surface area contributed by atoms with Gasteiger partial charge >= 0.3 is 0 Å². The average molecular weight is 316 g/mol. The van der Waals surface area contributed by atoms with Gasteiger partial charge in [-0.1, -0.05) is 12.2 Å². The predicted octanol–water partition coefficient (Wildman–Crippen LogP) is 2.05. The van der Waals surface area contributed by atoms with E-state index in [1.807, 2.05) is 0 Å². The van der Waals surface area contributed by atoms with Crippen molar-refractivity contribution in [3.8, 4) is 0 Å². The number of benzene rings is 1. The van der Waals surface area contributed by atoms with Crippen LogP contribution in [0.5, 0.6) is 0 Å². The number of sulfonamides is 1. The summed E-state index contributed by atoms with van der Waals surface area (Å²) >= 11 is 0. The van der Waals surface area contributed by atoms with Gasteiger partial charge in [0, 0.05) is 25.2 Å². The van der Waals surface area contributed by atoms with E-state index in [-0.39, 0.29) is 25.2 Å². The zero-order chi connectivity index (χ0) is 16.0. The highest BCUT2D eigenvalue weighted by Crippen LogP contribution is 2.24. The van der Waals surface area contributed by atoms with Crippen LogP contribution >= 0.6 is 0 Å². The first-order valence-corrected chi connectivity index (χ1v) is 7.67. The zero-order valence-electron chi connectivity index (χ0n) is 11.8. The molecule has 0 unspecified atom stereocenters. The van der Waals surface area contributed by atoms with E-state index < -0.39 is 26.6 Å². The molecule has 0 spiro atoms. The van der Waals surface area contributed by atoms with Gasteiger partial charge in [-0.3, -0.25) is 0 Å². The molecule has 0 radical (unpaired) electrons. The lowest BCUT2D eigenvalue weighted by atomic mass is 10.2. The van der Waals surface area contributed by atoms with E-state index in [9.17, 15) is 17.2 Å². The monoisotopic (exact) mass is 316 g/mol. The van der Waals surface area contributed by atoms with Gasteiger partial charge in [-0.2, -0.15) is 4.31 Å². The molecule has 0 aliphatic rings. The average Bonchev–Trinajstić information content (AvgIpc) is 2.43. The van der Waals surface area contributed by atoms with E-state index in [1.165, 1.54) is 19.2 Å². The van der Waals surface area contributed by atoms with Crippen LogP contribution in [-0.2, 0) is 16.6 Å². The lowest BCUT2D eigenvalue weighted by molar-refractivity contribution is 0.462. The molecule has 21 heavy (non-hydrogen) atoms. The van der Waals surface area contributed by atoms with Crippen molar-refractivity contribution in [2.75, 3.05) is 20.1 Å². The molecule has 0 bridgehead atoms. The second kappa shape index (κ2) is 7.44. The lowest BCUT2D eigenvalue weighted by Gasteiger charge is -2.20. The third-order valence-corrected chi connectivity index (χ3v) is 4.64. The van der Waals surface area contributed by atoms with E-state index in [1.54, 1.807) is 0 Å². The normalized spacial score (nSPS) is 11.6. The summed E-state index contributed by atoms with van der Waals surface area (Å²) in [4.78, 5) is -0.558. The Labute approximate surface area is 123 Å². The van der Waals surface area contributed by atoms with Gasteiger partial charge in [0.05, 0.1) is 0 Å². The molecular formula is C14H18F2N2O2S. The van der Waals surface area contributed by atoms with Crippen molar-refractivity contribution >= 4 is 10.0 Å². The maximum atomic E-state index is 14.3. The number of hydrogen-bond donors (Lipinski definition) is 1. The van der Waals surface area contributed by atoms with Crippen molar-refractivity contribution in [3.63, 3.8) is 0 Å². The molecule has 0 amide bonds. The molecular weight excluding hydrogens is 298 g/mol. The second-order valence-corrected chi connectivity index (χ2v) is 6.17. The van der Waals surface area contributed by atoms with Gasteiger partial charge in [-0.15, -0.1) is 13.2 Å². The molecule has 0 heterocycles. The van der Waals surface area contributed by atoms with Gasteiger partial charge in [-0.05, 0) is 19.2 Å². The minimum atomic E-state index is -4.09. The fourth-order valence-electron chi connectivity index (χ4n) is 1.81. The van der Waals surface area contributed by atoms with Crippen LogP contribution in [0.25, 0.3) is 0 Å². The van der Waals surface area contributed by atoms with Gasteiger partial charge in [-0.25, -0.2) is 17.2 Å². The topological polar surface area (TPSA) is 49.4 Å². The molecule has 1 aromatic carbocycles. The molecule has 1 rings (SSSR count). The molecule has 116 valence electrons. The second-order valence-electron chi connectivity index (χ2n) is 4.27. The zero-order valence-corrected chi connectivity index (χ0v) is 12.6. The number of hydrogen-bond acceptors (Lipinski definition) is 3. The fourth-order valence-corrected chi connectivity index (χ4v) is 3.28.